The van der Waals surface area contributed by atoms with Gasteiger partial charge in [0.25, 0.3) is 0 Å². The SMILES string of the molecule is CC(C)(C)[NH3+].CC(C)(C)[NH3+].CC(C)/C=C(/C#N)CC(=O)[O-].CC(C)C[C@H](C#N)CC(=O)[O-].CO. The van der Waals surface area contributed by atoms with Crippen LogP contribution in [-0.4, -0.2) is 35.2 Å². The second-order valence-corrected chi connectivity index (χ2v) is 10.7. The highest BCUT2D eigenvalue weighted by atomic mass is 16.4. The normalized spacial score (nSPS) is 11.4. The molecule has 34 heavy (non-hydrogen) atoms. The van der Waals surface area contributed by atoms with Crippen molar-refractivity contribution in [1.29, 1.82) is 10.5 Å². The van der Waals surface area contributed by atoms with Gasteiger partial charge in [0.15, 0.2) is 0 Å². The van der Waals surface area contributed by atoms with Gasteiger partial charge in [-0.15, -0.1) is 0 Å². The number of nitriles is 2. The second-order valence-electron chi connectivity index (χ2n) is 10.7. The number of carbonyl (C=O) groups is 2. The number of aliphatic hydroxyl groups is 1. The van der Waals surface area contributed by atoms with Crippen molar-refractivity contribution < 1.29 is 36.4 Å². The number of hydrogen-bond donors (Lipinski definition) is 3. The molecule has 1 atom stereocenters. The number of carbonyl (C=O) groups excluding carboxylic acids is 2. The van der Waals surface area contributed by atoms with Crippen LogP contribution in [0.5, 0.6) is 0 Å². The van der Waals surface area contributed by atoms with Crippen LogP contribution in [0.3, 0.4) is 0 Å². The Morgan fingerprint density at radius 3 is 1.44 bits per heavy atom. The lowest BCUT2D eigenvalue weighted by Crippen LogP contribution is -2.67. The van der Waals surface area contributed by atoms with Crippen LogP contribution < -0.4 is 21.7 Å². The van der Waals surface area contributed by atoms with Gasteiger partial charge in [0.2, 0.25) is 0 Å². The Kier molecular flexibility index (Phi) is 29.1. The molecular formula is C25H50N4O5. The molecule has 7 N–H and O–H groups in total. The first kappa shape index (κ1) is 41.8. The molecule has 0 heterocycles. The molecule has 0 bridgehead atoms. The van der Waals surface area contributed by atoms with Crippen molar-refractivity contribution >= 4 is 11.9 Å². The largest absolute Gasteiger partial charge is 0.550 e. The van der Waals surface area contributed by atoms with Crippen LogP contribution in [0, 0.1) is 40.4 Å². The molecule has 0 amide bonds. The Bertz CT molecular complexity index is 608. The summed E-state index contributed by atoms with van der Waals surface area (Å²) in [4.78, 5) is 20.1. The van der Waals surface area contributed by atoms with Crippen molar-refractivity contribution in [3.8, 4) is 12.1 Å². The maximum atomic E-state index is 10.1. The maximum absolute atomic E-state index is 10.1. The van der Waals surface area contributed by atoms with E-state index in [-0.39, 0.29) is 41.3 Å². The summed E-state index contributed by atoms with van der Waals surface area (Å²) in [7, 11) is 1.00. The van der Waals surface area contributed by atoms with Crippen molar-refractivity contribution in [1.82, 2.24) is 0 Å². The van der Waals surface area contributed by atoms with Gasteiger partial charge in [-0.1, -0.05) is 33.8 Å². The Balaban J connectivity index is -0.000000114. The number of carboxylic acids is 2. The number of rotatable bonds is 7. The van der Waals surface area contributed by atoms with Crippen LogP contribution in [0.15, 0.2) is 11.6 Å². The van der Waals surface area contributed by atoms with Crippen LogP contribution in [-0.2, 0) is 9.59 Å². The van der Waals surface area contributed by atoms with Gasteiger partial charge >= 0.3 is 0 Å². The third-order valence-corrected chi connectivity index (χ3v) is 2.36. The molecule has 0 aliphatic heterocycles. The molecule has 0 aromatic rings. The Hall–Kier alpha value is -2.46. The molecule has 0 saturated carbocycles. The number of carboxylic acid groups (broad SMARTS) is 2. The molecule has 0 aromatic carbocycles. The lowest BCUT2D eigenvalue weighted by Gasteiger charge is -2.11. The van der Waals surface area contributed by atoms with E-state index in [9.17, 15) is 19.8 Å². The average molecular weight is 487 g/mol. The number of aliphatic carboxylic acids is 2. The minimum atomic E-state index is -1.21. The van der Waals surface area contributed by atoms with E-state index in [0.717, 1.165) is 7.11 Å². The summed E-state index contributed by atoms with van der Waals surface area (Å²) in [6.45, 7) is 20.1. The van der Waals surface area contributed by atoms with Gasteiger partial charge in [0, 0.05) is 37.5 Å². The first-order chi connectivity index (χ1) is 15.1. The summed E-state index contributed by atoms with van der Waals surface area (Å²) in [5.74, 6) is -2.18. The molecular weight excluding hydrogens is 436 g/mol. The minimum Gasteiger partial charge on any atom is -0.550 e. The predicted octanol–water partition coefficient (Wildman–Crippen LogP) is 0.207. The van der Waals surface area contributed by atoms with E-state index in [0.29, 0.717) is 12.3 Å². The van der Waals surface area contributed by atoms with Crippen LogP contribution in [0.2, 0.25) is 0 Å². The fourth-order valence-corrected chi connectivity index (χ4v) is 1.65. The Morgan fingerprint density at radius 1 is 0.912 bits per heavy atom. The van der Waals surface area contributed by atoms with Crippen molar-refractivity contribution in [2.45, 2.75) is 99.6 Å². The molecule has 0 saturated heterocycles. The van der Waals surface area contributed by atoms with Gasteiger partial charge < -0.3 is 36.4 Å². The first-order valence-corrected chi connectivity index (χ1v) is 11.2. The van der Waals surface area contributed by atoms with E-state index in [1.54, 1.807) is 12.1 Å². The Labute approximate surface area is 207 Å². The number of hydrogen-bond acceptors (Lipinski definition) is 7. The summed E-state index contributed by atoms with van der Waals surface area (Å²) >= 11 is 0. The van der Waals surface area contributed by atoms with Crippen LogP contribution in [0.4, 0.5) is 0 Å². The van der Waals surface area contributed by atoms with Crippen LogP contribution >= 0.6 is 0 Å². The molecule has 9 nitrogen and oxygen atoms in total. The van der Waals surface area contributed by atoms with Crippen molar-refractivity contribution in [2.24, 2.45) is 17.8 Å². The van der Waals surface area contributed by atoms with Gasteiger partial charge in [-0.25, -0.2) is 0 Å². The van der Waals surface area contributed by atoms with E-state index >= 15 is 0 Å². The molecule has 0 aliphatic rings. The molecule has 9 heteroatoms. The summed E-state index contributed by atoms with van der Waals surface area (Å²) in [6.07, 6.45) is 1.82. The van der Waals surface area contributed by atoms with E-state index < -0.39 is 11.9 Å². The van der Waals surface area contributed by atoms with Gasteiger partial charge in [-0.05, 0) is 59.8 Å². The number of quaternary nitrogens is 2. The second kappa shape index (κ2) is 23.7. The third-order valence-electron chi connectivity index (χ3n) is 2.36. The van der Waals surface area contributed by atoms with Crippen LogP contribution in [0.25, 0.3) is 0 Å². The van der Waals surface area contributed by atoms with Gasteiger partial charge in [-0.3, -0.25) is 0 Å². The minimum absolute atomic E-state index is 0.144. The lowest BCUT2D eigenvalue weighted by atomic mass is 9.96. The molecule has 0 radical (unpaired) electrons. The smallest absolute Gasteiger partial charge is 0.0947 e. The summed E-state index contributed by atoms with van der Waals surface area (Å²) in [5.41, 5.74) is 8.31. The fraction of sp³-hybridized carbons (Fsp3) is 0.760. The third kappa shape index (κ3) is 78.2. The number of nitrogens with zero attached hydrogens (tertiary/aromatic N) is 2. The molecule has 0 rings (SSSR count). The highest BCUT2D eigenvalue weighted by Gasteiger charge is 2.09. The predicted molar refractivity (Wildman–Crippen MR) is 130 cm³/mol. The van der Waals surface area contributed by atoms with Gasteiger partial charge in [-0.2, -0.15) is 10.5 Å². The maximum Gasteiger partial charge on any atom is 0.0947 e. The average Bonchev–Trinajstić information content (AvgIpc) is 2.58. The fourth-order valence-electron chi connectivity index (χ4n) is 1.65. The van der Waals surface area contributed by atoms with E-state index in [2.05, 4.69) is 53.0 Å². The molecule has 0 aliphatic carbocycles. The quantitative estimate of drug-likeness (QED) is 0.426. The molecule has 0 spiro atoms. The summed E-state index contributed by atoms with van der Waals surface area (Å²) in [5, 5.41) is 44.0. The van der Waals surface area contributed by atoms with E-state index in [1.807, 2.05) is 33.8 Å². The lowest BCUT2D eigenvalue weighted by molar-refractivity contribution is -0.459. The Morgan fingerprint density at radius 2 is 1.26 bits per heavy atom. The monoisotopic (exact) mass is 486 g/mol. The van der Waals surface area contributed by atoms with Gasteiger partial charge in [0.1, 0.15) is 0 Å². The first-order valence-electron chi connectivity index (χ1n) is 11.2. The number of aliphatic hydroxyl groups excluding tert-OH is 1. The molecule has 0 fully saturated rings. The van der Waals surface area contributed by atoms with Crippen LogP contribution in [0.1, 0.15) is 88.5 Å². The molecule has 0 unspecified atom stereocenters. The van der Waals surface area contributed by atoms with Crippen molar-refractivity contribution in [3.63, 3.8) is 0 Å². The summed E-state index contributed by atoms with van der Waals surface area (Å²) in [6, 6.07) is 3.75. The standard InChI is InChI=1S/C8H13NO2.C8H11NO2.2C4H11N.CH4O/c2*1-6(2)3-7(5-9)4-8(10)11;2*1-4(2,3)5;1-2/h6-7H,3-4H2,1-2H3,(H,10,11);3,6H,4H2,1-2H3,(H,10,11);2*5H2,1-3H3;2H,1H3/b;7-3+;;;/t7-;;;;/m0..../s1. The molecule has 200 valence electrons. The summed E-state index contributed by atoms with van der Waals surface area (Å²) < 4.78 is 0. The highest BCUT2D eigenvalue weighted by Crippen LogP contribution is 2.13. The topological polar surface area (TPSA) is 203 Å². The van der Waals surface area contributed by atoms with Gasteiger partial charge in [0.05, 0.1) is 29.1 Å². The zero-order chi connectivity index (χ0) is 28.7. The van der Waals surface area contributed by atoms with E-state index in [1.165, 1.54) is 0 Å². The van der Waals surface area contributed by atoms with Crippen molar-refractivity contribution in [2.75, 3.05) is 7.11 Å². The molecule has 0 aromatic heterocycles. The van der Waals surface area contributed by atoms with E-state index in [4.69, 9.17) is 15.6 Å². The zero-order valence-electron chi connectivity index (χ0n) is 23.3. The zero-order valence-corrected chi connectivity index (χ0v) is 23.3. The highest BCUT2D eigenvalue weighted by molar-refractivity contribution is 5.69. The number of allylic oxidation sites excluding steroid dienone is 1. The van der Waals surface area contributed by atoms with Crippen molar-refractivity contribution in [3.05, 3.63) is 11.6 Å².